The van der Waals surface area contributed by atoms with Crippen molar-refractivity contribution < 1.29 is 0 Å². The summed E-state index contributed by atoms with van der Waals surface area (Å²) in [5.74, 6) is 0. The molecule has 0 spiro atoms. The van der Waals surface area contributed by atoms with E-state index in [4.69, 9.17) is 12.2 Å². The van der Waals surface area contributed by atoms with Gasteiger partial charge in [0.25, 0.3) is 0 Å². The molecule has 2 aromatic carbocycles. The van der Waals surface area contributed by atoms with E-state index in [1.54, 1.807) is 0 Å². The van der Waals surface area contributed by atoms with E-state index in [1.165, 1.54) is 10.8 Å². The van der Waals surface area contributed by atoms with Crippen LogP contribution in [-0.4, -0.2) is 5.37 Å². The summed E-state index contributed by atoms with van der Waals surface area (Å²) in [6.07, 6.45) is 0. The van der Waals surface area contributed by atoms with Crippen molar-refractivity contribution >= 4 is 28.4 Å². The Balaban J connectivity index is 2.75. The van der Waals surface area contributed by atoms with Crippen LogP contribution in [0.15, 0.2) is 42.5 Å². The summed E-state index contributed by atoms with van der Waals surface area (Å²) in [6, 6.07) is 14.3. The molecular formula is C11H7S. The predicted molar refractivity (Wildman–Crippen MR) is 55.6 cm³/mol. The molecule has 57 valence electrons. The minimum Gasteiger partial charge on any atom is -0.0778 e. The van der Waals surface area contributed by atoms with Crippen LogP contribution in [-0.2, 0) is 0 Å². The van der Waals surface area contributed by atoms with Gasteiger partial charge in [-0.1, -0.05) is 48.6 Å². The average Bonchev–Trinajstić information content (AvgIpc) is 2.17. The van der Waals surface area contributed by atoms with E-state index in [0.29, 0.717) is 0 Å². The molecular weight excluding hydrogens is 164 g/mol. The molecule has 12 heavy (non-hydrogen) atoms. The van der Waals surface area contributed by atoms with Crippen molar-refractivity contribution in [2.45, 2.75) is 0 Å². The van der Waals surface area contributed by atoms with E-state index >= 15 is 0 Å². The molecule has 0 amide bonds. The highest BCUT2D eigenvalue weighted by molar-refractivity contribution is 7.79. The third kappa shape index (κ3) is 1.23. The van der Waals surface area contributed by atoms with E-state index in [-0.39, 0.29) is 0 Å². The molecule has 0 aliphatic carbocycles. The highest BCUT2D eigenvalue weighted by atomic mass is 32.1. The number of fused-ring (bicyclic) bond motifs is 1. The molecule has 2 aromatic rings. The summed E-state index contributed by atoms with van der Waals surface area (Å²) in [6.45, 7) is 0. The summed E-state index contributed by atoms with van der Waals surface area (Å²) in [5, 5.41) is 5.16. The van der Waals surface area contributed by atoms with E-state index in [1.807, 2.05) is 24.3 Å². The smallest absolute Gasteiger partial charge is 0.0636 e. The SMILES string of the molecule is S=[C]c1ccc2ccccc2c1. The van der Waals surface area contributed by atoms with Gasteiger partial charge in [0.15, 0.2) is 0 Å². The van der Waals surface area contributed by atoms with Gasteiger partial charge in [-0.25, -0.2) is 0 Å². The van der Waals surface area contributed by atoms with Crippen LogP contribution in [0.4, 0.5) is 0 Å². The molecule has 2 rings (SSSR count). The normalized spacial score (nSPS) is 10.0. The monoisotopic (exact) mass is 171 g/mol. The standard InChI is InChI=1S/C11H7S/c12-8-9-5-6-10-3-1-2-4-11(10)7-9/h1-7H. The first-order valence-corrected chi connectivity index (χ1v) is 4.18. The van der Waals surface area contributed by atoms with Gasteiger partial charge in [0, 0.05) is 0 Å². The molecule has 1 radical (unpaired) electrons. The van der Waals surface area contributed by atoms with Crippen molar-refractivity contribution in [3.63, 3.8) is 0 Å². The van der Waals surface area contributed by atoms with Gasteiger partial charge in [-0.3, -0.25) is 0 Å². The Hall–Kier alpha value is -1.21. The highest BCUT2D eigenvalue weighted by Gasteiger charge is 1.91. The Morgan fingerprint density at radius 1 is 0.917 bits per heavy atom. The molecule has 0 heterocycles. The molecule has 0 bridgehead atoms. The molecule has 0 nitrogen and oxygen atoms in total. The number of rotatable bonds is 1. The van der Waals surface area contributed by atoms with Gasteiger partial charge in [-0.2, -0.15) is 0 Å². The summed E-state index contributed by atoms with van der Waals surface area (Å²) in [7, 11) is 0. The quantitative estimate of drug-likeness (QED) is 0.594. The molecule has 0 fully saturated rings. The third-order valence-electron chi connectivity index (χ3n) is 1.87. The van der Waals surface area contributed by atoms with Crippen molar-refractivity contribution in [2.24, 2.45) is 0 Å². The van der Waals surface area contributed by atoms with Crippen LogP contribution >= 0.6 is 12.2 Å². The molecule has 0 saturated carbocycles. The van der Waals surface area contributed by atoms with Gasteiger partial charge in [-0.05, 0) is 22.4 Å². The summed E-state index contributed by atoms with van der Waals surface area (Å²) >= 11 is 4.73. The van der Waals surface area contributed by atoms with Gasteiger partial charge in [0.1, 0.15) is 0 Å². The van der Waals surface area contributed by atoms with Crippen molar-refractivity contribution in [3.8, 4) is 0 Å². The fourth-order valence-corrected chi connectivity index (χ4v) is 1.38. The molecule has 0 unspecified atom stereocenters. The van der Waals surface area contributed by atoms with Gasteiger partial charge in [0.2, 0.25) is 0 Å². The zero-order chi connectivity index (χ0) is 8.39. The lowest BCUT2D eigenvalue weighted by atomic mass is 10.1. The largest absolute Gasteiger partial charge is 0.0778 e. The van der Waals surface area contributed by atoms with Crippen LogP contribution in [0.25, 0.3) is 10.8 Å². The van der Waals surface area contributed by atoms with Gasteiger partial charge in [-0.15, -0.1) is 0 Å². The number of hydrogen-bond acceptors (Lipinski definition) is 1. The Morgan fingerprint density at radius 3 is 2.42 bits per heavy atom. The second-order valence-corrected chi connectivity index (χ2v) is 2.87. The van der Waals surface area contributed by atoms with E-state index < -0.39 is 0 Å². The van der Waals surface area contributed by atoms with Gasteiger partial charge in [0.05, 0.1) is 5.37 Å². The Kier molecular flexibility index (Phi) is 1.88. The zero-order valence-corrected chi connectivity index (χ0v) is 7.27. The highest BCUT2D eigenvalue weighted by Crippen LogP contribution is 2.14. The fraction of sp³-hybridized carbons (Fsp3) is 0. The van der Waals surface area contributed by atoms with Crippen LogP contribution in [0.3, 0.4) is 0 Å². The Morgan fingerprint density at radius 2 is 1.67 bits per heavy atom. The molecule has 0 saturated heterocycles. The van der Waals surface area contributed by atoms with Crippen molar-refractivity contribution in [2.75, 3.05) is 0 Å². The van der Waals surface area contributed by atoms with E-state index in [0.717, 1.165) is 5.56 Å². The van der Waals surface area contributed by atoms with Gasteiger partial charge < -0.3 is 0 Å². The molecule has 0 aromatic heterocycles. The second-order valence-electron chi connectivity index (χ2n) is 2.66. The van der Waals surface area contributed by atoms with Crippen LogP contribution in [0, 0.1) is 0 Å². The Labute approximate surface area is 76.8 Å². The Bertz CT molecular complexity index is 418. The van der Waals surface area contributed by atoms with E-state index in [9.17, 15) is 0 Å². The van der Waals surface area contributed by atoms with Crippen LogP contribution in [0.1, 0.15) is 5.56 Å². The first-order valence-electron chi connectivity index (χ1n) is 3.77. The van der Waals surface area contributed by atoms with Crippen LogP contribution in [0.2, 0.25) is 0 Å². The van der Waals surface area contributed by atoms with Crippen molar-refractivity contribution in [1.82, 2.24) is 0 Å². The average molecular weight is 171 g/mol. The number of hydrogen-bond donors (Lipinski definition) is 0. The zero-order valence-electron chi connectivity index (χ0n) is 6.45. The topological polar surface area (TPSA) is 0 Å². The van der Waals surface area contributed by atoms with Crippen molar-refractivity contribution in [1.29, 1.82) is 0 Å². The first kappa shape index (κ1) is 7.44. The minimum atomic E-state index is 0.976. The first-order chi connectivity index (χ1) is 5.90. The second kappa shape index (κ2) is 3.03. The lowest BCUT2D eigenvalue weighted by molar-refractivity contribution is 1.73. The van der Waals surface area contributed by atoms with Crippen molar-refractivity contribution in [3.05, 3.63) is 48.0 Å². The maximum atomic E-state index is 4.73. The summed E-state index contributed by atoms with van der Waals surface area (Å²) < 4.78 is 0. The van der Waals surface area contributed by atoms with Gasteiger partial charge >= 0.3 is 0 Å². The molecule has 0 N–H and O–H groups in total. The minimum absolute atomic E-state index is 0.976. The lowest BCUT2D eigenvalue weighted by Crippen LogP contribution is -1.77. The number of thiocarbonyl (C=S) groups is 1. The fourth-order valence-electron chi connectivity index (χ4n) is 1.25. The number of benzene rings is 2. The molecule has 0 aliphatic heterocycles. The third-order valence-corrected chi connectivity index (χ3v) is 2.10. The van der Waals surface area contributed by atoms with E-state index in [2.05, 4.69) is 23.6 Å². The maximum absolute atomic E-state index is 4.73. The summed E-state index contributed by atoms with van der Waals surface area (Å²) in [5.41, 5.74) is 0.976. The van der Waals surface area contributed by atoms with Crippen LogP contribution < -0.4 is 0 Å². The summed E-state index contributed by atoms with van der Waals surface area (Å²) in [4.78, 5) is 0. The predicted octanol–water partition coefficient (Wildman–Crippen LogP) is 3.06. The lowest BCUT2D eigenvalue weighted by Gasteiger charge is -1.96. The maximum Gasteiger partial charge on any atom is 0.0636 e. The molecule has 0 aliphatic rings. The molecule has 1 heteroatoms. The van der Waals surface area contributed by atoms with Crippen LogP contribution in [0.5, 0.6) is 0 Å². The molecule has 0 atom stereocenters.